The van der Waals surface area contributed by atoms with Crippen molar-refractivity contribution < 1.29 is 5.11 Å². The van der Waals surface area contributed by atoms with E-state index in [1.807, 2.05) is 0 Å². The number of likely N-dealkylation sites (tertiary alicyclic amines) is 1. The van der Waals surface area contributed by atoms with E-state index in [1.165, 1.54) is 51.6 Å². The summed E-state index contributed by atoms with van der Waals surface area (Å²) >= 11 is 0. The minimum atomic E-state index is -0.166. The normalized spacial score (nSPS) is 36.2. The standard InChI is InChI=1S/C17H33NO/c1-13-8-9-15(12-14(13)2)16(19)17(3,4)18-10-6-5-7-11-18/h13-16,19H,5-12H2,1-4H3. The molecule has 2 nitrogen and oxygen atoms in total. The van der Waals surface area contributed by atoms with Crippen molar-refractivity contribution in [1.82, 2.24) is 4.90 Å². The van der Waals surface area contributed by atoms with Crippen molar-refractivity contribution in [1.29, 1.82) is 0 Å². The summed E-state index contributed by atoms with van der Waals surface area (Å²) in [7, 11) is 0. The quantitative estimate of drug-likeness (QED) is 0.843. The summed E-state index contributed by atoms with van der Waals surface area (Å²) in [5.41, 5.74) is -0.0502. The molecule has 2 heteroatoms. The van der Waals surface area contributed by atoms with Crippen molar-refractivity contribution in [3.63, 3.8) is 0 Å². The molecule has 4 unspecified atom stereocenters. The Bertz CT molecular complexity index is 283. The summed E-state index contributed by atoms with van der Waals surface area (Å²) < 4.78 is 0. The van der Waals surface area contributed by atoms with E-state index in [0.717, 1.165) is 11.8 Å². The lowest BCUT2D eigenvalue weighted by Crippen LogP contribution is -2.57. The van der Waals surface area contributed by atoms with E-state index in [-0.39, 0.29) is 11.6 Å². The van der Waals surface area contributed by atoms with Crippen molar-refractivity contribution in [2.75, 3.05) is 13.1 Å². The maximum atomic E-state index is 10.9. The molecule has 0 amide bonds. The second-order valence-corrected chi connectivity index (χ2v) is 7.67. The third-order valence-electron chi connectivity index (χ3n) is 5.98. The molecule has 2 rings (SSSR count). The van der Waals surface area contributed by atoms with Crippen molar-refractivity contribution >= 4 is 0 Å². The van der Waals surface area contributed by atoms with Gasteiger partial charge in [0.2, 0.25) is 0 Å². The Kier molecular flexibility index (Phi) is 4.94. The summed E-state index contributed by atoms with van der Waals surface area (Å²) in [6.07, 6.45) is 7.51. The first-order chi connectivity index (χ1) is 8.93. The van der Waals surface area contributed by atoms with Gasteiger partial charge in [-0.2, -0.15) is 0 Å². The highest BCUT2D eigenvalue weighted by molar-refractivity contribution is 4.95. The minimum absolute atomic E-state index is 0.0502. The number of aliphatic hydroxyl groups excluding tert-OH is 1. The zero-order chi connectivity index (χ0) is 14.0. The Labute approximate surface area is 119 Å². The zero-order valence-corrected chi connectivity index (χ0v) is 13.4. The van der Waals surface area contributed by atoms with Gasteiger partial charge in [-0.3, -0.25) is 4.90 Å². The molecule has 112 valence electrons. The summed E-state index contributed by atoms with van der Waals surface area (Å²) in [4.78, 5) is 2.53. The molecule has 1 saturated heterocycles. The van der Waals surface area contributed by atoms with Crippen LogP contribution in [0.3, 0.4) is 0 Å². The van der Waals surface area contributed by atoms with Crippen LogP contribution in [0.1, 0.15) is 66.2 Å². The van der Waals surface area contributed by atoms with E-state index in [4.69, 9.17) is 0 Å². The molecule has 1 heterocycles. The molecule has 1 saturated carbocycles. The maximum absolute atomic E-state index is 10.9. The highest BCUT2D eigenvalue weighted by atomic mass is 16.3. The Balaban J connectivity index is 1.98. The van der Waals surface area contributed by atoms with Gasteiger partial charge in [0.25, 0.3) is 0 Å². The van der Waals surface area contributed by atoms with E-state index >= 15 is 0 Å². The van der Waals surface area contributed by atoms with Gasteiger partial charge in [0, 0.05) is 5.54 Å². The monoisotopic (exact) mass is 267 g/mol. The Hall–Kier alpha value is -0.0800. The van der Waals surface area contributed by atoms with Crippen LogP contribution < -0.4 is 0 Å². The molecule has 1 aliphatic heterocycles. The van der Waals surface area contributed by atoms with Crippen LogP contribution in [0.5, 0.6) is 0 Å². The second-order valence-electron chi connectivity index (χ2n) is 7.67. The molecule has 0 bridgehead atoms. The SMILES string of the molecule is CC1CCC(C(O)C(C)(C)N2CCCCC2)CC1C. The molecular weight excluding hydrogens is 234 g/mol. The van der Waals surface area contributed by atoms with Crippen molar-refractivity contribution in [2.45, 2.75) is 77.9 Å². The van der Waals surface area contributed by atoms with Crippen LogP contribution in [-0.2, 0) is 0 Å². The lowest BCUT2D eigenvalue weighted by atomic mass is 9.70. The molecule has 0 aromatic carbocycles. The fourth-order valence-electron chi connectivity index (χ4n) is 4.11. The molecular formula is C17H33NO. The molecule has 2 fully saturated rings. The van der Waals surface area contributed by atoms with Crippen LogP contribution in [0, 0.1) is 17.8 Å². The third-order valence-corrected chi connectivity index (χ3v) is 5.98. The fourth-order valence-corrected chi connectivity index (χ4v) is 4.11. The molecule has 0 radical (unpaired) electrons. The highest BCUT2D eigenvalue weighted by Crippen LogP contribution is 2.39. The van der Waals surface area contributed by atoms with E-state index in [9.17, 15) is 5.11 Å². The summed E-state index contributed by atoms with van der Waals surface area (Å²) in [6.45, 7) is 11.6. The first-order valence-corrected chi connectivity index (χ1v) is 8.36. The van der Waals surface area contributed by atoms with Gasteiger partial charge < -0.3 is 5.11 Å². The second kappa shape index (κ2) is 6.13. The minimum Gasteiger partial charge on any atom is -0.391 e. The van der Waals surface area contributed by atoms with Gasteiger partial charge in [0.15, 0.2) is 0 Å². The van der Waals surface area contributed by atoms with Gasteiger partial charge in [-0.15, -0.1) is 0 Å². The average Bonchev–Trinajstić information content (AvgIpc) is 2.42. The molecule has 1 aliphatic carbocycles. The van der Waals surface area contributed by atoms with Gasteiger partial charge in [-0.25, -0.2) is 0 Å². The molecule has 0 spiro atoms. The van der Waals surface area contributed by atoms with E-state index in [2.05, 4.69) is 32.6 Å². The summed E-state index contributed by atoms with van der Waals surface area (Å²) in [5.74, 6) is 2.11. The Morgan fingerprint density at radius 2 is 1.63 bits per heavy atom. The molecule has 2 aliphatic rings. The largest absolute Gasteiger partial charge is 0.391 e. The Morgan fingerprint density at radius 3 is 2.21 bits per heavy atom. The average molecular weight is 267 g/mol. The van der Waals surface area contributed by atoms with Crippen LogP contribution in [0.25, 0.3) is 0 Å². The third kappa shape index (κ3) is 3.33. The van der Waals surface area contributed by atoms with Gasteiger partial charge >= 0.3 is 0 Å². The smallest absolute Gasteiger partial charge is 0.0746 e. The lowest BCUT2D eigenvalue weighted by Gasteiger charge is -2.48. The number of rotatable bonds is 3. The number of aliphatic hydroxyl groups is 1. The van der Waals surface area contributed by atoms with Gasteiger partial charge in [-0.1, -0.05) is 26.7 Å². The van der Waals surface area contributed by atoms with Crippen LogP contribution in [0.2, 0.25) is 0 Å². The number of hydrogen-bond donors (Lipinski definition) is 1. The van der Waals surface area contributed by atoms with Gasteiger partial charge in [0.1, 0.15) is 0 Å². The van der Waals surface area contributed by atoms with Crippen molar-refractivity contribution in [3.8, 4) is 0 Å². The first-order valence-electron chi connectivity index (χ1n) is 8.36. The number of hydrogen-bond acceptors (Lipinski definition) is 2. The van der Waals surface area contributed by atoms with Crippen LogP contribution in [0.15, 0.2) is 0 Å². The molecule has 1 N–H and O–H groups in total. The molecule has 19 heavy (non-hydrogen) atoms. The van der Waals surface area contributed by atoms with Crippen LogP contribution in [-0.4, -0.2) is 34.7 Å². The predicted molar refractivity (Wildman–Crippen MR) is 81.2 cm³/mol. The van der Waals surface area contributed by atoms with E-state index in [0.29, 0.717) is 5.92 Å². The maximum Gasteiger partial charge on any atom is 0.0746 e. The zero-order valence-electron chi connectivity index (χ0n) is 13.4. The number of nitrogens with zero attached hydrogens (tertiary/aromatic N) is 1. The van der Waals surface area contributed by atoms with Crippen molar-refractivity contribution in [3.05, 3.63) is 0 Å². The number of piperidine rings is 1. The van der Waals surface area contributed by atoms with Crippen molar-refractivity contribution in [2.24, 2.45) is 17.8 Å². The van der Waals surface area contributed by atoms with Crippen LogP contribution >= 0.6 is 0 Å². The van der Waals surface area contributed by atoms with Crippen LogP contribution in [0.4, 0.5) is 0 Å². The van der Waals surface area contributed by atoms with E-state index in [1.54, 1.807) is 0 Å². The Morgan fingerprint density at radius 1 is 1.00 bits per heavy atom. The molecule has 0 aromatic heterocycles. The topological polar surface area (TPSA) is 23.5 Å². The summed E-state index contributed by atoms with van der Waals surface area (Å²) in [6, 6.07) is 0. The lowest BCUT2D eigenvalue weighted by molar-refractivity contribution is -0.0647. The molecule has 0 aromatic rings. The fraction of sp³-hybridized carbons (Fsp3) is 1.00. The molecule has 4 atom stereocenters. The highest BCUT2D eigenvalue weighted by Gasteiger charge is 2.41. The van der Waals surface area contributed by atoms with Gasteiger partial charge in [0.05, 0.1) is 6.10 Å². The summed E-state index contributed by atoms with van der Waals surface area (Å²) in [5, 5.41) is 10.9. The van der Waals surface area contributed by atoms with E-state index < -0.39 is 0 Å². The first kappa shape index (κ1) is 15.3. The van der Waals surface area contributed by atoms with Gasteiger partial charge in [-0.05, 0) is 70.4 Å². The predicted octanol–water partition coefficient (Wildman–Crippen LogP) is 3.68.